The molecular formula is C14H14ClNO2. The summed E-state index contributed by atoms with van der Waals surface area (Å²) in [7, 11) is 0. The van der Waals surface area contributed by atoms with E-state index in [2.05, 4.69) is 0 Å². The number of halogens is 1. The van der Waals surface area contributed by atoms with Gasteiger partial charge in [-0.15, -0.1) is 0 Å². The van der Waals surface area contributed by atoms with E-state index in [1.807, 2.05) is 18.2 Å². The summed E-state index contributed by atoms with van der Waals surface area (Å²) in [5, 5.41) is 9.78. The maximum atomic E-state index is 11.7. The van der Waals surface area contributed by atoms with Crippen LogP contribution in [-0.4, -0.2) is 15.5 Å². The second-order valence-electron chi connectivity index (χ2n) is 4.24. The topological polar surface area (TPSA) is 42.2 Å². The number of phenolic OH excluding ortho intramolecular Hbond substituents is 1. The van der Waals surface area contributed by atoms with Crippen molar-refractivity contribution in [3.63, 3.8) is 0 Å². The molecule has 0 spiro atoms. The van der Waals surface area contributed by atoms with Crippen molar-refractivity contribution in [3.8, 4) is 5.75 Å². The summed E-state index contributed by atoms with van der Waals surface area (Å²) in [4.78, 5) is 11.7. The van der Waals surface area contributed by atoms with Crippen molar-refractivity contribution in [1.82, 2.24) is 4.57 Å². The average molecular weight is 264 g/mol. The van der Waals surface area contributed by atoms with Crippen LogP contribution >= 0.6 is 11.6 Å². The van der Waals surface area contributed by atoms with Gasteiger partial charge in [-0.2, -0.15) is 0 Å². The zero-order valence-electron chi connectivity index (χ0n) is 10.0. The molecule has 2 aromatic rings. The van der Waals surface area contributed by atoms with Crippen LogP contribution in [0.25, 0.3) is 0 Å². The largest absolute Gasteiger partial charge is 0.508 e. The Labute approximate surface area is 111 Å². The fourth-order valence-electron chi connectivity index (χ4n) is 1.92. The number of ketones is 1. The summed E-state index contributed by atoms with van der Waals surface area (Å²) in [5.74, 6) is 0.276. The molecule has 94 valence electrons. The highest BCUT2D eigenvalue weighted by Gasteiger charge is 2.18. The zero-order chi connectivity index (χ0) is 13.1. The predicted molar refractivity (Wildman–Crippen MR) is 71.0 cm³/mol. The molecule has 0 radical (unpaired) electrons. The lowest BCUT2D eigenvalue weighted by molar-refractivity contribution is -0.120. The Morgan fingerprint density at radius 3 is 2.50 bits per heavy atom. The van der Waals surface area contributed by atoms with Crippen LogP contribution in [0.1, 0.15) is 18.5 Å². The molecule has 0 bridgehead atoms. The molecule has 0 fully saturated rings. The number of phenols is 1. The first-order valence-corrected chi connectivity index (χ1v) is 6.06. The normalized spacial score (nSPS) is 12.3. The van der Waals surface area contributed by atoms with Gasteiger partial charge in [0.05, 0.1) is 6.04 Å². The molecule has 0 aliphatic rings. The van der Waals surface area contributed by atoms with E-state index in [1.54, 1.807) is 35.9 Å². The second-order valence-corrected chi connectivity index (χ2v) is 4.62. The standard InChI is InChI=1S/C14H14ClNO2/c1-10(17)13(16-8-2-3-14(16)15)9-11-4-6-12(18)7-5-11/h2-8,13,18H,9H2,1H3/t13-/m0/s1. The molecule has 0 amide bonds. The van der Waals surface area contributed by atoms with E-state index in [1.165, 1.54) is 0 Å². The zero-order valence-corrected chi connectivity index (χ0v) is 10.8. The number of nitrogens with zero attached hydrogens (tertiary/aromatic N) is 1. The van der Waals surface area contributed by atoms with Crippen LogP contribution in [0.2, 0.25) is 5.15 Å². The fourth-order valence-corrected chi connectivity index (χ4v) is 2.17. The number of Topliss-reactive ketones (excluding diaryl/α,β-unsaturated/α-hetero) is 1. The van der Waals surface area contributed by atoms with Gasteiger partial charge in [-0.3, -0.25) is 4.79 Å². The van der Waals surface area contributed by atoms with Gasteiger partial charge < -0.3 is 9.67 Å². The van der Waals surface area contributed by atoms with Crippen molar-refractivity contribution in [1.29, 1.82) is 0 Å². The van der Waals surface area contributed by atoms with E-state index in [0.29, 0.717) is 11.6 Å². The van der Waals surface area contributed by atoms with Crippen molar-refractivity contribution in [3.05, 3.63) is 53.3 Å². The minimum atomic E-state index is -0.308. The molecule has 1 heterocycles. The molecule has 1 N–H and O–H groups in total. The number of aromatic hydroxyl groups is 1. The number of carbonyl (C=O) groups is 1. The van der Waals surface area contributed by atoms with Gasteiger partial charge in [-0.05, 0) is 36.8 Å². The van der Waals surface area contributed by atoms with E-state index in [9.17, 15) is 9.90 Å². The van der Waals surface area contributed by atoms with Crippen molar-refractivity contribution < 1.29 is 9.90 Å². The highest BCUT2D eigenvalue weighted by atomic mass is 35.5. The van der Waals surface area contributed by atoms with Gasteiger partial charge in [0.1, 0.15) is 10.9 Å². The van der Waals surface area contributed by atoms with E-state index < -0.39 is 0 Å². The fraction of sp³-hybridized carbons (Fsp3) is 0.214. The maximum absolute atomic E-state index is 11.7. The molecule has 0 saturated carbocycles. The van der Waals surface area contributed by atoms with E-state index in [4.69, 9.17) is 11.6 Å². The molecule has 1 aromatic carbocycles. The quantitative estimate of drug-likeness (QED) is 0.920. The van der Waals surface area contributed by atoms with Crippen LogP contribution < -0.4 is 0 Å². The van der Waals surface area contributed by atoms with Gasteiger partial charge in [-0.25, -0.2) is 0 Å². The number of carbonyl (C=O) groups excluding carboxylic acids is 1. The van der Waals surface area contributed by atoms with Crippen molar-refractivity contribution >= 4 is 17.4 Å². The lowest BCUT2D eigenvalue weighted by atomic mass is 10.0. The summed E-state index contributed by atoms with van der Waals surface area (Å²) in [6.07, 6.45) is 2.36. The van der Waals surface area contributed by atoms with Gasteiger partial charge in [0.2, 0.25) is 0 Å². The summed E-state index contributed by atoms with van der Waals surface area (Å²) in [5.41, 5.74) is 0.984. The van der Waals surface area contributed by atoms with Gasteiger partial charge in [0, 0.05) is 12.6 Å². The predicted octanol–water partition coefficient (Wildman–Crippen LogP) is 3.22. The number of benzene rings is 1. The van der Waals surface area contributed by atoms with Crippen molar-refractivity contribution in [2.45, 2.75) is 19.4 Å². The Bertz CT molecular complexity index is 545. The highest BCUT2D eigenvalue weighted by Crippen LogP contribution is 2.22. The third-order valence-corrected chi connectivity index (χ3v) is 3.22. The minimum Gasteiger partial charge on any atom is -0.508 e. The lowest BCUT2D eigenvalue weighted by Crippen LogP contribution is -2.18. The van der Waals surface area contributed by atoms with Crippen LogP contribution in [0.5, 0.6) is 5.75 Å². The third kappa shape index (κ3) is 2.74. The van der Waals surface area contributed by atoms with Crippen molar-refractivity contribution in [2.75, 3.05) is 0 Å². The van der Waals surface area contributed by atoms with Gasteiger partial charge in [0.25, 0.3) is 0 Å². The first-order chi connectivity index (χ1) is 8.58. The summed E-state index contributed by atoms with van der Waals surface area (Å²) >= 11 is 6.04. The SMILES string of the molecule is CC(=O)[C@H](Cc1ccc(O)cc1)n1cccc1Cl. The minimum absolute atomic E-state index is 0.0566. The second kappa shape index (κ2) is 5.27. The molecule has 18 heavy (non-hydrogen) atoms. The van der Waals surface area contributed by atoms with Crippen LogP contribution in [0, 0.1) is 0 Å². The molecule has 1 atom stereocenters. The number of aromatic nitrogens is 1. The van der Waals surface area contributed by atoms with Crippen LogP contribution in [-0.2, 0) is 11.2 Å². The number of hydrogen-bond acceptors (Lipinski definition) is 2. The Morgan fingerprint density at radius 2 is 2.00 bits per heavy atom. The van der Waals surface area contributed by atoms with Crippen molar-refractivity contribution in [2.24, 2.45) is 0 Å². The smallest absolute Gasteiger partial charge is 0.152 e. The molecule has 0 aliphatic heterocycles. The third-order valence-electron chi connectivity index (χ3n) is 2.90. The van der Waals surface area contributed by atoms with Crippen LogP contribution in [0.15, 0.2) is 42.6 Å². The highest BCUT2D eigenvalue weighted by molar-refractivity contribution is 6.29. The Hall–Kier alpha value is -1.74. The van der Waals surface area contributed by atoms with Crippen LogP contribution in [0.4, 0.5) is 0 Å². The molecular weight excluding hydrogens is 250 g/mol. The van der Waals surface area contributed by atoms with E-state index >= 15 is 0 Å². The van der Waals surface area contributed by atoms with Gasteiger partial charge >= 0.3 is 0 Å². The lowest BCUT2D eigenvalue weighted by Gasteiger charge is -2.17. The number of rotatable bonds is 4. The Kier molecular flexibility index (Phi) is 3.72. The summed E-state index contributed by atoms with van der Waals surface area (Å²) in [6.45, 7) is 1.56. The maximum Gasteiger partial charge on any atom is 0.152 e. The van der Waals surface area contributed by atoms with E-state index in [-0.39, 0.29) is 17.6 Å². The number of hydrogen-bond donors (Lipinski definition) is 1. The first kappa shape index (κ1) is 12.7. The Balaban J connectivity index is 2.25. The first-order valence-electron chi connectivity index (χ1n) is 5.68. The molecule has 4 heteroatoms. The van der Waals surface area contributed by atoms with Crippen LogP contribution in [0.3, 0.4) is 0 Å². The summed E-state index contributed by atoms with van der Waals surface area (Å²) < 4.78 is 1.76. The molecule has 0 unspecified atom stereocenters. The van der Waals surface area contributed by atoms with E-state index in [0.717, 1.165) is 5.56 Å². The summed E-state index contributed by atoms with van der Waals surface area (Å²) in [6, 6.07) is 10.1. The monoisotopic (exact) mass is 263 g/mol. The molecule has 2 rings (SSSR count). The average Bonchev–Trinajstić information content (AvgIpc) is 2.74. The molecule has 0 saturated heterocycles. The molecule has 0 aliphatic carbocycles. The van der Waals surface area contributed by atoms with Gasteiger partial charge in [-0.1, -0.05) is 23.7 Å². The van der Waals surface area contributed by atoms with Gasteiger partial charge in [0.15, 0.2) is 5.78 Å². The molecule has 3 nitrogen and oxygen atoms in total. The Morgan fingerprint density at radius 1 is 1.33 bits per heavy atom. The molecule has 1 aromatic heterocycles.